The standard InChI is InChI=1S/C28H28ClF2NO5S/c1-5-36-18(3)22-13-19-9-10-20(37-16-23-24(29)7-6-8-25(23)30)14-27(19)32(17(22)2)38(33,34)21-11-12-26(31)28(15-21)35-4/h6-12,14-15,17,22H,3,5,13,16H2,1-2,4H3. The predicted octanol–water partition coefficient (Wildman–Crippen LogP) is 6.51. The van der Waals surface area contributed by atoms with Crippen molar-refractivity contribution >= 4 is 27.3 Å². The summed E-state index contributed by atoms with van der Waals surface area (Å²) in [6, 6.07) is 12.2. The fourth-order valence-electron chi connectivity index (χ4n) is 4.57. The number of halogens is 3. The van der Waals surface area contributed by atoms with Crippen molar-refractivity contribution < 1.29 is 31.4 Å². The molecule has 0 saturated carbocycles. The molecular formula is C28H28ClF2NO5S. The normalized spacial score (nSPS) is 17.1. The maximum atomic E-state index is 14.2. The van der Waals surface area contributed by atoms with E-state index in [2.05, 4.69) is 6.58 Å². The molecule has 3 aromatic rings. The van der Waals surface area contributed by atoms with E-state index in [-0.39, 0.29) is 33.8 Å². The minimum absolute atomic E-state index is 0.138. The molecule has 0 aromatic heterocycles. The quantitative estimate of drug-likeness (QED) is 0.278. The van der Waals surface area contributed by atoms with Gasteiger partial charge >= 0.3 is 0 Å². The monoisotopic (exact) mass is 563 g/mol. The average Bonchev–Trinajstić information content (AvgIpc) is 2.88. The van der Waals surface area contributed by atoms with Crippen LogP contribution >= 0.6 is 11.6 Å². The first-order valence-corrected chi connectivity index (χ1v) is 13.8. The van der Waals surface area contributed by atoms with Crippen LogP contribution in [0.25, 0.3) is 0 Å². The predicted molar refractivity (Wildman–Crippen MR) is 142 cm³/mol. The number of hydrogen-bond acceptors (Lipinski definition) is 5. The molecule has 1 heterocycles. The van der Waals surface area contributed by atoms with E-state index in [0.29, 0.717) is 30.2 Å². The SMILES string of the molecule is C=C(OCC)C1Cc2ccc(OCc3c(F)cccc3Cl)cc2N(S(=O)(=O)c2ccc(F)c(OC)c2)C1C. The van der Waals surface area contributed by atoms with Gasteiger partial charge in [-0.1, -0.05) is 30.3 Å². The van der Waals surface area contributed by atoms with E-state index in [1.165, 1.54) is 29.6 Å². The third-order valence-electron chi connectivity index (χ3n) is 6.55. The molecule has 0 aliphatic carbocycles. The molecule has 1 aliphatic rings. The van der Waals surface area contributed by atoms with Gasteiger partial charge in [0.25, 0.3) is 10.0 Å². The van der Waals surface area contributed by atoms with Crippen molar-refractivity contribution in [3.05, 3.63) is 94.7 Å². The minimum Gasteiger partial charge on any atom is -0.498 e. The summed E-state index contributed by atoms with van der Waals surface area (Å²) in [5.74, 6) is -0.917. The van der Waals surface area contributed by atoms with Crippen LogP contribution in [-0.2, 0) is 27.8 Å². The average molecular weight is 564 g/mol. The van der Waals surface area contributed by atoms with Crippen molar-refractivity contribution in [2.75, 3.05) is 18.0 Å². The number of fused-ring (bicyclic) bond motifs is 1. The lowest BCUT2D eigenvalue weighted by molar-refractivity contribution is 0.181. The summed E-state index contributed by atoms with van der Waals surface area (Å²) in [6.45, 7) is 7.87. The molecule has 2 atom stereocenters. The zero-order valence-electron chi connectivity index (χ0n) is 21.2. The van der Waals surface area contributed by atoms with Crippen LogP contribution in [0, 0.1) is 17.6 Å². The lowest BCUT2D eigenvalue weighted by Gasteiger charge is -2.41. The highest BCUT2D eigenvalue weighted by atomic mass is 35.5. The summed E-state index contributed by atoms with van der Waals surface area (Å²) in [4.78, 5) is -0.138. The minimum atomic E-state index is -4.20. The molecule has 0 spiro atoms. The van der Waals surface area contributed by atoms with Crippen LogP contribution in [0.3, 0.4) is 0 Å². The van der Waals surface area contributed by atoms with Crippen LogP contribution in [0.5, 0.6) is 11.5 Å². The molecule has 0 bridgehead atoms. The summed E-state index contributed by atoms with van der Waals surface area (Å²) < 4.78 is 74.1. The summed E-state index contributed by atoms with van der Waals surface area (Å²) in [5.41, 5.74) is 1.30. The molecule has 0 N–H and O–H groups in total. The van der Waals surface area contributed by atoms with E-state index in [9.17, 15) is 17.2 Å². The first-order valence-electron chi connectivity index (χ1n) is 12.0. The topological polar surface area (TPSA) is 65.1 Å². The Morgan fingerprint density at radius 2 is 1.89 bits per heavy atom. The fraction of sp³-hybridized carbons (Fsp3) is 0.286. The zero-order valence-corrected chi connectivity index (χ0v) is 22.8. The molecule has 1 aliphatic heterocycles. The Balaban J connectivity index is 1.78. The number of anilines is 1. The van der Waals surface area contributed by atoms with Crippen LogP contribution in [0.2, 0.25) is 5.02 Å². The van der Waals surface area contributed by atoms with E-state index >= 15 is 0 Å². The van der Waals surface area contributed by atoms with Gasteiger partial charge in [-0.15, -0.1) is 0 Å². The Morgan fingerprint density at radius 1 is 1.13 bits per heavy atom. The Kier molecular flexibility index (Phi) is 8.18. The number of hydrogen-bond donors (Lipinski definition) is 0. The maximum absolute atomic E-state index is 14.2. The number of benzene rings is 3. The van der Waals surface area contributed by atoms with E-state index in [1.54, 1.807) is 31.2 Å². The molecule has 4 rings (SSSR count). The van der Waals surface area contributed by atoms with E-state index in [1.807, 2.05) is 6.92 Å². The number of nitrogens with zero attached hydrogens (tertiary/aromatic N) is 1. The van der Waals surface area contributed by atoms with E-state index < -0.39 is 27.7 Å². The summed E-state index contributed by atoms with van der Waals surface area (Å²) in [6.07, 6.45) is 0.480. The number of methoxy groups -OCH3 is 1. The molecule has 38 heavy (non-hydrogen) atoms. The summed E-state index contributed by atoms with van der Waals surface area (Å²) in [7, 11) is -2.93. The first kappa shape index (κ1) is 27.7. The van der Waals surface area contributed by atoms with Crippen molar-refractivity contribution in [1.82, 2.24) is 0 Å². The van der Waals surface area contributed by atoms with Crippen molar-refractivity contribution in [2.24, 2.45) is 5.92 Å². The largest absolute Gasteiger partial charge is 0.498 e. The highest BCUT2D eigenvalue weighted by Gasteiger charge is 2.41. The Morgan fingerprint density at radius 3 is 2.58 bits per heavy atom. The maximum Gasteiger partial charge on any atom is 0.264 e. The highest BCUT2D eigenvalue weighted by Crippen LogP contribution is 2.42. The third-order valence-corrected chi connectivity index (χ3v) is 8.80. The lowest BCUT2D eigenvalue weighted by atomic mass is 9.87. The second-order valence-electron chi connectivity index (χ2n) is 8.83. The Bertz CT molecular complexity index is 1440. The van der Waals surface area contributed by atoms with Gasteiger partial charge in [0.1, 0.15) is 18.2 Å². The molecule has 6 nitrogen and oxygen atoms in total. The molecule has 0 fully saturated rings. The van der Waals surface area contributed by atoms with Crippen molar-refractivity contribution in [3.63, 3.8) is 0 Å². The molecule has 2 unspecified atom stereocenters. The molecular weight excluding hydrogens is 536 g/mol. The van der Waals surface area contributed by atoms with Gasteiger partial charge in [0, 0.05) is 23.6 Å². The Hall–Kier alpha value is -3.30. The van der Waals surface area contributed by atoms with Crippen molar-refractivity contribution in [2.45, 2.75) is 37.8 Å². The smallest absolute Gasteiger partial charge is 0.264 e. The van der Waals surface area contributed by atoms with Gasteiger partial charge in [0.05, 0.1) is 41.1 Å². The third kappa shape index (κ3) is 5.31. The van der Waals surface area contributed by atoms with E-state index in [0.717, 1.165) is 17.7 Å². The van der Waals surface area contributed by atoms with Gasteiger partial charge in [-0.05, 0) is 56.2 Å². The van der Waals surface area contributed by atoms with Crippen LogP contribution in [0.15, 0.2) is 71.8 Å². The van der Waals surface area contributed by atoms with Crippen LogP contribution in [-0.4, -0.2) is 28.2 Å². The first-order chi connectivity index (χ1) is 18.1. The van der Waals surface area contributed by atoms with Crippen molar-refractivity contribution in [3.8, 4) is 11.5 Å². The fourth-order valence-corrected chi connectivity index (χ4v) is 6.52. The van der Waals surface area contributed by atoms with Gasteiger partial charge in [0.2, 0.25) is 0 Å². The molecule has 3 aromatic carbocycles. The number of sulfonamides is 1. The van der Waals surface area contributed by atoms with E-state index in [4.69, 9.17) is 25.8 Å². The second-order valence-corrected chi connectivity index (χ2v) is 11.0. The van der Waals surface area contributed by atoms with Gasteiger partial charge in [-0.25, -0.2) is 17.2 Å². The zero-order chi connectivity index (χ0) is 27.6. The highest BCUT2D eigenvalue weighted by molar-refractivity contribution is 7.92. The van der Waals surface area contributed by atoms with Gasteiger partial charge in [-0.2, -0.15) is 0 Å². The lowest BCUT2D eigenvalue weighted by Crippen LogP contribution is -2.47. The van der Waals surface area contributed by atoms with Crippen LogP contribution in [0.4, 0.5) is 14.5 Å². The molecule has 0 amide bonds. The number of ether oxygens (including phenoxy) is 3. The Labute approximate surface area is 226 Å². The molecule has 0 radical (unpaired) electrons. The molecule has 10 heteroatoms. The van der Waals surface area contributed by atoms with Crippen LogP contribution in [0.1, 0.15) is 25.0 Å². The molecule has 202 valence electrons. The summed E-state index contributed by atoms with van der Waals surface area (Å²) >= 11 is 6.12. The van der Waals surface area contributed by atoms with Gasteiger partial charge < -0.3 is 14.2 Å². The van der Waals surface area contributed by atoms with Gasteiger partial charge in [-0.3, -0.25) is 4.31 Å². The summed E-state index contributed by atoms with van der Waals surface area (Å²) in [5, 5.41) is 0.225. The number of rotatable bonds is 9. The van der Waals surface area contributed by atoms with Gasteiger partial charge in [0.15, 0.2) is 11.6 Å². The second kappa shape index (κ2) is 11.2. The van der Waals surface area contributed by atoms with Crippen molar-refractivity contribution in [1.29, 1.82) is 0 Å². The van der Waals surface area contributed by atoms with Crippen LogP contribution < -0.4 is 13.8 Å². The molecule has 0 saturated heterocycles.